The molecule has 2 aromatic rings. The molecule has 2 rings (SSSR count). The van der Waals surface area contributed by atoms with Gasteiger partial charge in [-0.05, 0) is 31.9 Å². The molecule has 0 saturated heterocycles. The third-order valence-electron chi connectivity index (χ3n) is 2.49. The number of benzene rings is 2. The van der Waals surface area contributed by atoms with E-state index in [-0.39, 0.29) is 5.60 Å². The van der Waals surface area contributed by atoms with Crippen LogP contribution in [0.15, 0.2) is 60.7 Å². The van der Waals surface area contributed by atoms with Crippen molar-refractivity contribution in [2.75, 3.05) is 0 Å². The number of hydrogen-bond acceptors (Lipinski definition) is 1. The summed E-state index contributed by atoms with van der Waals surface area (Å²) in [6.07, 6.45) is 0. The topological polar surface area (TPSA) is 9.23 Å². The summed E-state index contributed by atoms with van der Waals surface area (Å²) in [4.78, 5) is 0. The maximum Gasteiger partial charge on any atom is 0.146 e. The van der Waals surface area contributed by atoms with Gasteiger partial charge in [-0.3, -0.25) is 0 Å². The minimum absolute atomic E-state index is 0.103. The molecule has 0 aliphatic rings. The van der Waals surface area contributed by atoms with Crippen LogP contribution in [0.1, 0.15) is 20.8 Å². The smallest absolute Gasteiger partial charge is 0.146 e. The van der Waals surface area contributed by atoms with Gasteiger partial charge in [0.05, 0.1) is 0 Å². The van der Waals surface area contributed by atoms with Crippen molar-refractivity contribution in [2.45, 2.75) is 26.4 Å². The van der Waals surface area contributed by atoms with E-state index >= 15 is 0 Å². The maximum atomic E-state index is 5.08. The lowest BCUT2D eigenvalue weighted by molar-refractivity contribution is 0.147. The number of hydrogen-bond donors (Lipinski definition) is 0. The highest BCUT2D eigenvalue weighted by Gasteiger charge is 2.03. The van der Waals surface area contributed by atoms with E-state index < -0.39 is 0 Å². The molecule has 0 fully saturated rings. The van der Waals surface area contributed by atoms with Gasteiger partial charge >= 0.3 is 0 Å². The van der Waals surface area contributed by atoms with E-state index in [0.29, 0.717) is 0 Å². The molecule has 2 heteroatoms. The first kappa shape index (κ1) is 14.7. The van der Waals surface area contributed by atoms with Crippen LogP contribution in [0.2, 0.25) is 0 Å². The van der Waals surface area contributed by atoms with E-state index in [0.717, 1.165) is 10.5 Å². The fourth-order valence-corrected chi connectivity index (χ4v) is 1.26. The van der Waals surface area contributed by atoms with Gasteiger partial charge in [-0.1, -0.05) is 60.7 Å². The van der Waals surface area contributed by atoms with Crippen molar-refractivity contribution < 1.29 is 4.43 Å². The van der Waals surface area contributed by atoms with Crippen LogP contribution in [0.5, 0.6) is 0 Å². The monoisotopic (exact) mass is 258 g/mol. The predicted octanol–water partition coefficient (Wildman–Crippen LogP) is 3.44. The zero-order valence-electron chi connectivity index (χ0n) is 11.7. The average molecular weight is 258 g/mol. The second kappa shape index (κ2) is 7.14. The Kier molecular flexibility index (Phi) is 5.82. The molecule has 1 nitrogen and oxygen atoms in total. The van der Waals surface area contributed by atoms with E-state index in [1.165, 1.54) is 11.1 Å². The Hall–Kier alpha value is -1.38. The van der Waals surface area contributed by atoms with E-state index in [1.807, 2.05) is 12.1 Å². The number of rotatable bonds is 1. The zero-order chi connectivity index (χ0) is 13.4. The van der Waals surface area contributed by atoms with Crippen LogP contribution in [0.3, 0.4) is 0 Å². The molecular formula is C16H22OSi. The Bertz CT molecular complexity index is 394. The van der Waals surface area contributed by atoms with Gasteiger partial charge in [-0.15, -0.1) is 0 Å². The normalized spacial score (nSPS) is 10.6. The Balaban J connectivity index is 0.000000232. The van der Waals surface area contributed by atoms with Gasteiger partial charge in [0, 0.05) is 5.60 Å². The molecule has 0 aromatic heterocycles. The minimum atomic E-state index is 0.103. The highest BCUT2D eigenvalue weighted by atomic mass is 28.2. The van der Waals surface area contributed by atoms with Gasteiger partial charge in [-0.25, -0.2) is 0 Å². The van der Waals surface area contributed by atoms with Crippen molar-refractivity contribution in [3.05, 3.63) is 60.7 Å². The Morgan fingerprint density at radius 1 is 0.722 bits per heavy atom. The molecule has 0 aliphatic carbocycles. The molecule has 0 atom stereocenters. The predicted molar refractivity (Wildman–Crippen MR) is 82.7 cm³/mol. The molecule has 0 radical (unpaired) electrons. The summed E-state index contributed by atoms with van der Waals surface area (Å²) in [6.45, 7) is 6.17. The summed E-state index contributed by atoms with van der Waals surface area (Å²) in [6, 6.07) is 20.8. The molecule has 0 saturated carbocycles. The van der Waals surface area contributed by atoms with Crippen molar-refractivity contribution >= 4 is 10.5 Å². The van der Waals surface area contributed by atoms with Crippen molar-refractivity contribution in [3.63, 3.8) is 0 Å². The summed E-state index contributed by atoms with van der Waals surface area (Å²) >= 11 is 0. The summed E-state index contributed by atoms with van der Waals surface area (Å²) < 4.78 is 5.08. The van der Waals surface area contributed by atoms with Gasteiger partial charge in [0.15, 0.2) is 0 Å². The van der Waals surface area contributed by atoms with Gasteiger partial charge in [0.2, 0.25) is 0 Å². The summed E-state index contributed by atoms with van der Waals surface area (Å²) in [7, 11) is 0.848. The largest absolute Gasteiger partial charge is 0.423 e. The maximum absolute atomic E-state index is 5.08. The van der Waals surface area contributed by atoms with E-state index in [4.69, 9.17) is 4.43 Å². The standard InChI is InChI=1S/C12H10.C4H12OSi/c1-3-7-11(8-4-1)12-9-5-2-6-10-12;1-4(2,3)5-6/h1-10H;1-3,6H3. The van der Waals surface area contributed by atoms with Gasteiger partial charge < -0.3 is 4.43 Å². The van der Waals surface area contributed by atoms with Crippen LogP contribution >= 0.6 is 0 Å². The van der Waals surface area contributed by atoms with Crippen molar-refractivity contribution in [1.29, 1.82) is 0 Å². The fourth-order valence-electron chi connectivity index (χ4n) is 1.26. The highest BCUT2D eigenvalue weighted by Crippen LogP contribution is 2.17. The Morgan fingerprint density at radius 2 is 1.00 bits per heavy atom. The second-order valence-electron chi connectivity index (χ2n) is 5.05. The molecule has 0 N–H and O–H groups in total. The van der Waals surface area contributed by atoms with Gasteiger partial charge in [-0.2, -0.15) is 0 Å². The lowest BCUT2D eigenvalue weighted by Gasteiger charge is -2.15. The average Bonchev–Trinajstić information content (AvgIpc) is 2.41. The van der Waals surface area contributed by atoms with Crippen LogP contribution < -0.4 is 0 Å². The lowest BCUT2D eigenvalue weighted by Crippen LogP contribution is -2.16. The minimum Gasteiger partial charge on any atom is -0.423 e. The molecule has 0 bridgehead atoms. The van der Waals surface area contributed by atoms with Gasteiger partial charge in [0.25, 0.3) is 0 Å². The van der Waals surface area contributed by atoms with Crippen LogP contribution in [0.4, 0.5) is 0 Å². The molecule has 0 amide bonds. The van der Waals surface area contributed by atoms with Crippen LogP contribution in [-0.2, 0) is 4.43 Å². The van der Waals surface area contributed by atoms with Gasteiger partial charge in [0.1, 0.15) is 10.5 Å². The lowest BCUT2D eigenvalue weighted by atomic mass is 10.1. The molecule has 0 spiro atoms. The molecular weight excluding hydrogens is 236 g/mol. The molecule has 18 heavy (non-hydrogen) atoms. The van der Waals surface area contributed by atoms with Crippen LogP contribution in [0.25, 0.3) is 11.1 Å². The molecule has 96 valence electrons. The zero-order valence-corrected chi connectivity index (χ0v) is 13.7. The summed E-state index contributed by atoms with van der Waals surface area (Å²) in [5, 5.41) is 0. The SMILES string of the molecule is CC(C)(C)O[SiH3].c1ccc(-c2ccccc2)cc1. The molecule has 2 aromatic carbocycles. The van der Waals surface area contributed by atoms with Crippen molar-refractivity contribution in [1.82, 2.24) is 0 Å². The fraction of sp³-hybridized carbons (Fsp3) is 0.250. The van der Waals surface area contributed by atoms with Crippen molar-refractivity contribution in [3.8, 4) is 11.1 Å². The van der Waals surface area contributed by atoms with Crippen molar-refractivity contribution in [2.24, 2.45) is 0 Å². The highest BCUT2D eigenvalue weighted by molar-refractivity contribution is 5.98. The first-order valence-electron chi connectivity index (χ1n) is 6.18. The van der Waals surface area contributed by atoms with E-state index in [1.54, 1.807) is 0 Å². The van der Waals surface area contributed by atoms with E-state index in [9.17, 15) is 0 Å². The molecule has 0 aliphatic heterocycles. The summed E-state index contributed by atoms with van der Waals surface area (Å²) in [5.74, 6) is 0. The third-order valence-corrected chi connectivity index (χ3v) is 3.72. The van der Waals surface area contributed by atoms with E-state index in [2.05, 4.69) is 69.3 Å². The summed E-state index contributed by atoms with van der Waals surface area (Å²) in [5.41, 5.74) is 2.66. The van der Waals surface area contributed by atoms with Crippen LogP contribution in [-0.4, -0.2) is 16.1 Å². The second-order valence-corrected chi connectivity index (χ2v) is 5.46. The van der Waals surface area contributed by atoms with Crippen LogP contribution in [0, 0.1) is 0 Å². The first-order chi connectivity index (χ1) is 8.53. The molecule has 0 heterocycles. The third kappa shape index (κ3) is 5.80. The Labute approximate surface area is 113 Å². The quantitative estimate of drug-likeness (QED) is 0.712. The molecule has 0 unspecified atom stereocenters. The Morgan fingerprint density at radius 3 is 1.22 bits per heavy atom. The first-order valence-corrected chi connectivity index (χ1v) is 7.00.